The average Bonchev–Trinajstić information content (AvgIpc) is 3.22. The lowest BCUT2D eigenvalue weighted by molar-refractivity contribution is 0.0342. The number of ether oxygens (including phenoxy) is 1. The lowest BCUT2D eigenvalue weighted by Gasteiger charge is -2.26. The van der Waals surface area contributed by atoms with Gasteiger partial charge in [-0.15, -0.1) is 0 Å². The number of aryl methyl sites for hydroxylation is 1. The van der Waals surface area contributed by atoms with Gasteiger partial charge in [0.15, 0.2) is 5.69 Å². The highest BCUT2D eigenvalue weighted by Gasteiger charge is 2.18. The molecule has 2 N–H and O–H groups in total. The minimum absolute atomic E-state index is 0.158. The number of benzene rings is 1. The quantitative estimate of drug-likeness (QED) is 0.828. The molecule has 0 spiro atoms. The smallest absolute Gasteiger partial charge is 0.276 e. The largest absolute Gasteiger partial charge is 0.379 e. The van der Waals surface area contributed by atoms with Crippen molar-refractivity contribution < 1.29 is 9.53 Å². The highest BCUT2D eigenvalue weighted by Crippen LogP contribution is 2.20. The second-order valence-electron chi connectivity index (χ2n) is 7.67. The molecule has 28 heavy (non-hydrogen) atoms. The highest BCUT2D eigenvalue weighted by molar-refractivity contribution is 6.03. The van der Waals surface area contributed by atoms with Crippen LogP contribution in [0.2, 0.25) is 0 Å². The first-order valence-corrected chi connectivity index (χ1v) is 10.2. The van der Waals surface area contributed by atoms with Gasteiger partial charge in [-0.2, -0.15) is 5.10 Å². The fourth-order valence-electron chi connectivity index (χ4n) is 3.83. The molecule has 2 saturated heterocycles. The molecule has 1 atom stereocenters. The van der Waals surface area contributed by atoms with E-state index in [0.717, 1.165) is 70.0 Å². The third kappa shape index (κ3) is 4.60. The summed E-state index contributed by atoms with van der Waals surface area (Å²) in [6.45, 7) is 8.32. The maximum Gasteiger partial charge on any atom is 0.276 e. The van der Waals surface area contributed by atoms with E-state index in [9.17, 15) is 4.79 Å². The van der Waals surface area contributed by atoms with Crippen LogP contribution in [-0.4, -0.2) is 60.0 Å². The number of carbonyl (C=O) groups excluding carboxylic acids is 1. The number of carbonyl (C=O) groups is 1. The van der Waals surface area contributed by atoms with Crippen molar-refractivity contribution in [1.29, 1.82) is 0 Å². The summed E-state index contributed by atoms with van der Waals surface area (Å²) < 4.78 is 7.34. The van der Waals surface area contributed by atoms with Crippen LogP contribution in [0, 0.1) is 6.92 Å². The molecule has 2 aliphatic rings. The van der Waals surface area contributed by atoms with E-state index in [1.807, 2.05) is 17.8 Å². The van der Waals surface area contributed by atoms with Gasteiger partial charge in [-0.1, -0.05) is 12.1 Å². The van der Waals surface area contributed by atoms with Gasteiger partial charge in [0.25, 0.3) is 5.91 Å². The maximum atomic E-state index is 12.7. The number of nitrogens with one attached hydrogen (secondary N) is 2. The Balaban J connectivity index is 1.42. The standard InChI is InChI=1S/C21H29N5O2/c1-16-4-5-17(15-25-9-11-28-12-10-25)13-20(16)23-21(27)19-6-8-26(24-19)18-3-2-7-22-14-18/h4-6,8,13,18,22H,2-3,7,9-12,14-15H2,1H3,(H,23,27). The van der Waals surface area contributed by atoms with Gasteiger partial charge in [0.2, 0.25) is 0 Å². The number of morpholine rings is 1. The van der Waals surface area contributed by atoms with Crippen LogP contribution in [0.15, 0.2) is 30.5 Å². The van der Waals surface area contributed by atoms with E-state index in [0.29, 0.717) is 11.7 Å². The van der Waals surface area contributed by atoms with Gasteiger partial charge in [-0.3, -0.25) is 14.4 Å². The highest BCUT2D eigenvalue weighted by atomic mass is 16.5. The van der Waals surface area contributed by atoms with Crippen molar-refractivity contribution in [2.24, 2.45) is 0 Å². The third-order valence-electron chi connectivity index (χ3n) is 5.55. The first-order valence-electron chi connectivity index (χ1n) is 10.2. The number of piperidine rings is 1. The molecule has 1 amide bonds. The molecule has 7 heteroatoms. The molecule has 0 bridgehead atoms. The molecule has 0 radical (unpaired) electrons. The molecule has 1 aromatic heterocycles. The summed E-state index contributed by atoms with van der Waals surface area (Å²) in [4.78, 5) is 15.1. The van der Waals surface area contributed by atoms with Crippen LogP contribution < -0.4 is 10.6 Å². The number of aromatic nitrogens is 2. The Bertz CT molecular complexity index is 807. The Morgan fingerprint density at radius 1 is 1.32 bits per heavy atom. The SMILES string of the molecule is Cc1ccc(CN2CCOCC2)cc1NC(=O)c1ccn(C2CCCNC2)n1. The second-order valence-corrected chi connectivity index (χ2v) is 7.67. The van der Waals surface area contributed by atoms with Crippen molar-refractivity contribution in [1.82, 2.24) is 20.0 Å². The van der Waals surface area contributed by atoms with E-state index in [1.54, 1.807) is 6.07 Å². The van der Waals surface area contributed by atoms with Crippen LogP contribution in [0.1, 0.15) is 40.5 Å². The second kappa shape index (κ2) is 8.86. The predicted molar refractivity (Wildman–Crippen MR) is 109 cm³/mol. The lowest BCUT2D eigenvalue weighted by Crippen LogP contribution is -2.35. The summed E-state index contributed by atoms with van der Waals surface area (Å²) in [5.41, 5.74) is 3.56. The first kappa shape index (κ1) is 19.1. The molecule has 1 unspecified atom stereocenters. The van der Waals surface area contributed by atoms with Gasteiger partial charge in [-0.25, -0.2) is 0 Å². The van der Waals surface area contributed by atoms with E-state index in [2.05, 4.69) is 38.8 Å². The molecule has 3 heterocycles. The van der Waals surface area contributed by atoms with Crippen molar-refractivity contribution in [3.63, 3.8) is 0 Å². The number of nitrogens with zero attached hydrogens (tertiary/aromatic N) is 3. The minimum atomic E-state index is -0.158. The van der Waals surface area contributed by atoms with E-state index < -0.39 is 0 Å². The zero-order valence-electron chi connectivity index (χ0n) is 16.5. The molecular formula is C21H29N5O2. The molecule has 4 rings (SSSR count). The van der Waals surface area contributed by atoms with Crippen molar-refractivity contribution in [2.75, 3.05) is 44.7 Å². The molecular weight excluding hydrogens is 354 g/mol. The summed E-state index contributed by atoms with van der Waals surface area (Å²) >= 11 is 0. The zero-order valence-corrected chi connectivity index (χ0v) is 16.5. The first-order chi connectivity index (χ1) is 13.7. The molecule has 0 aliphatic carbocycles. The van der Waals surface area contributed by atoms with Gasteiger partial charge in [-0.05, 0) is 49.6 Å². The Morgan fingerprint density at radius 2 is 2.18 bits per heavy atom. The van der Waals surface area contributed by atoms with Gasteiger partial charge in [0.1, 0.15) is 0 Å². The van der Waals surface area contributed by atoms with E-state index in [-0.39, 0.29) is 5.91 Å². The molecule has 2 fully saturated rings. The van der Waals surface area contributed by atoms with Crippen LogP contribution in [0.25, 0.3) is 0 Å². The minimum Gasteiger partial charge on any atom is -0.379 e. The van der Waals surface area contributed by atoms with Crippen LogP contribution in [0.4, 0.5) is 5.69 Å². The van der Waals surface area contributed by atoms with E-state index >= 15 is 0 Å². The number of anilines is 1. The molecule has 1 aromatic carbocycles. The molecule has 7 nitrogen and oxygen atoms in total. The Labute approximate surface area is 166 Å². The Hall–Kier alpha value is -2.22. The monoisotopic (exact) mass is 383 g/mol. The van der Waals surface area contributed by atoms with Gasteiger partial charge in [0.05, 0.1) is 19.3 Å². The normalized spacial score (nSPS) is 20.8. The number of hydrogen-bond donors (Lipinski definition) is 2. The summed E-state index contributed by atoms with van der Waals surface area (Å²) in [6, 6.07) is 8.40. The fraction of sp³-hybridized carbons (Fsp3) is 0.524. The number of amides is 1. The van der Waals surface area contributed by atoms with Gasteiger partial charge < -0.3 is 15.4 Å². The zero-order chi connectivity index (χ0) is 19.3. The number of rotatable bonds is 5. The van der Waals surface area contributed by atoms with Crippen LogP contribution in [-0.2, 0) is 11.3 Å². The number of hydrogen-bond acceptors (Lipinski definition) is 5. The van der Waals surface area contributed by atoms with Crippen molar-refractivity contribution in [2.45, 2.75) is 32.4 Å². The van der Waals surface area contributed by atoms with Crippen molar-refractivity contribution in [3.8, 4) is 0 Å². The Morgan fingerprint density at radius 3 is 2.96 bits per heavy atom. The molecule has 0 saturated carbocycles. The van der Waals surface area contributed by atoms with Gasteiger partial charge >= 0.3 is 0 Å². The summed E-state index contributed by atoms with van der Waals surface area (Å²) in [5.74, 6) is -0.158. The summed E-state index contributed by atoms with van der Waals surface area (Å²) in [5, 5.41) is 11.0. The maximum absolute atomic E-state index is 12.7. The lowest BCUT2D eigenvalue weighted by atomic mass is 10.1. The van der Waals surface area contributed by atoms with Crippen LogP contribution >= 0.6 is 0 Å². The summed E-state index contributed by atoms with van der Waals surface area (Å²) in [7, 11) is 0. The molecule has 150 valence electrons. The predicted octanol–water partition coefficient (Wildman–Crippen LogP) is 2.20. The van der Waals surface area contributed by atoms with E-state index in [1.165, 1.54) is 5.56 Å². The fourth-order valence-corrected chi connectivity index (χ4v) is 3.83. The molecule has 2 aromatic rings. The topological polar surface area (TPSA) is 71.4 Å². The van der Waals surface area contributed by atoms with Gasteiger partial charge in [0, 0.05) is 38.1 Å². The van der Waals surface area contributed by atoms with E-state index in [4.69, 9.17) is 4.74 Å². The Kier molecular flexibility index (Phi) is 6.04. The molecule has 2 aliphatic heterocycles. The van der Waals surface area contributed by atoms with Crippen molar-refractivity contribution in [3.05, 3.63) is 47.3 Å². The van der Waals surface area contributed by atoms with Crippen LogP contribution in [0.3, 0.4) is 0 Å². The van der Waals surface area contributed by atoms with Crippen molar-refractivity contribution >= 4 is 11.6 Å². The summed E-state index contributed by atoms with van der Waals surface area (Å²) in [6.07, 6.45) is 4.15. The van der Waals surface area contributed by atoms with Crippen LogP contribution in [0.5, 0.6) is 0 Å². The third-order valence-corrected chi connectivity index (χ3v) is 5.55. The average molecular weight is 383 g/mol.